The van der Waals surface area contributed by atoms with Crippen LogP contribution in [0.5, 0.6) is 0 Å². The lowest BCUT2D eigenvalue weighted by Crippen LogP contribution is -2.05. The van der Waals surface area contributed by atoms with Crippen LogP contribution in [0.2, 0.25) is 0 Å². The van der Waals surface area contributed by atoms with Crippen LogP contribution >= 0.6 is 0 Å². The molecule has 0 bridgehead atoms. The zero-order valence-corrected chi connectivity index (χ0v) is 17.5. The van der Waals surface area contributed by atoms with Gasteiger partial charge in [0, 0.05) is 35.6 Å². The summed E-state index contributed by atoms with van der Waals surface area (Å²) in [6, 6.07) is 21.6. The average Bonchev–Trinajstić information content (AvgIpc) is 2.83. The highest BCUT2D eigenvalue weighted by Crippen LogP contribution is 2.27. The second-order valence-corrected chi connectivity index (χ2v) is 7.53. The molecule has 32 heavy (non-hydrogen) atoms. The van der Waals surface area contributed by atoms with E-state index in [1.54, 1.807) is 6.20 Å². The molecule has 0 atom stereocenters. The van der Waals surface area contributed by atoms with Gasteiger partial charge in [0.1, 0.15) is 12.0 Å². The van der Waals surface area contributed by atoms with Gasteiger partial charge in [-0.05, 0) is 53.9 Å². The van der Waals surface area contributed by atoms with Crippen LogP contribution in [0.1, 0.15) is 11.3 Å². The molecule has 0 amide bonds. The van der Waals surface area contributed by atoms with E-state index in [0.717, 1.165) is 33.3 Å². The summed E-state index contributed by atoms with van der Waals surface area (Å²) >= 11 is 0. The van der Waals surface area contributed by atoms with E-state index in [1.165, 1.54) is 6.33 Å². The first-order chi connectivity index (χ1) is 15.7. The highest BCUT2D eigenvalue weighted by atomic mass is 19.1. The van der Waals surface area contributed by atoms with Crippen molar-refractivity contribution in [2.24, 2.45) is 0 Å². The van der Waals surface area contributed by atoms with Gasteiger partial charge in [-0.1, -0.05) is 36.4 Å². The van der Waals surface area contributed by atoms with Crippen LogP contribution in [0, 0.1) is 12.7 Å². The highest BCUT2D eigenvalue weighted by Gasteiger charge is 2.13. The Morgan fingerprint density at radius 2 is 1.62 bits per heavy atom. The van der Waals surface area contributed by atoms with Gasteiger partial charge in [-0.25, -0.2) is 14.4 Å². The number of pyridine rings is 2. The molecule has 5 aromatic rings. The Labute approximate surface area is 185 Å². The van der Waals surface area contributed by atoms with Crippen molar-refractivity contribution >= 4 is 16.7 Å². The molecular weight excluding hydrogens is 401 g/mol. The van der Waals surface area contributed by atoms with E-state index in [4.69, 9.17) is 0 Å². The molecule has 5 rings (SSSR count). The molecule has 2 aromatic carbocycles. The van der Waals surface area contributed by atoms with Crippen molar-refractivity contribution in [1.29, 1.82) is 0 Å². The average molecular weight is 421 g/mol. The number of nitrogens with one attached hydrogen (secondary N) is 1. The fraction of sp³-hybridized carbons (Fsp3) is 0.0769. The molecule has 0 aliphatic heterocycles. The summed E-state index contributed by atoms with van der Waals surface area (Å²) in [6.45, 7) is 2.42. The van der Waals surface area contributed by atoms with Crippen molar-refractivity contribution in [3.8, 4) is 22.4 Å². The van der Waals surface area contributed by atoms with Gasteiger partial charge < -0.3 is 5.32 Å². The Hall–Kier alpha value is -4.19. The van der Waals surface area contributed by atoms with Gasteiger partial charge >= 0.3 is 0 Å². The molecule has 0 fully saturated rings. The second-order valence-electron chi connectivity index (χ2n) is 7.53. The summed E-state index contributed by atoms with van der Waals surface area (Å²) < 4.78 is 15.2. The second kappa shape index (κ2) is 8.51. The number of fused-ring (bicyclic) bond motifs is 1. The van der Waals surface area contributed by atoms with Gasteiger partial charge in [0.15, 0.2) is 11.6 Å². The van der Waals surface area contributed by atoms with E-state index >= 15 is 4.39 Å². The molecule has 6 heteroatoms. The summed E-state index contributed by atoms with van der Waals surface area (Å²) in [4.78, 5) is 16.8. The van der Waals surface area contributed by atoms with E-state index in [-0.39, 0.29) is 11.5 Å². The van der Waals surface area contributed by atoms with E-state index in [9.17, 15) is 0 Å². The lowest BCUT2D eigenvalue weighted by atomic mass is 10.0. The third-order valence-electron chi connectivity index (χ3n) is 5.31. The summed E-state index contributed by atoms with van der Waals surface area (Å²) in [7, 11) is 0. The van der Waals surface area contributed by atoms with Crippen LogP contribution in [-0.4, -0.2) is 19.9 Å². The Morgan fingerprint density at radius 1 is 0.781 bits per heavy atom. The topological polar surface area (TPSA) is 63.6 Å². The molecule has 3 heterocycles. The third kappa shape index (κ3) is 4.03. The van der Waals surface area contributed by atoms with Gasteiger partial charge in [0.2, 0.25) is 0 Å². The first kappa shape index (κ1) is 19.8. The molecule has 0 radical (unpaired) electrons. The largest absolute Gasteiger partial charge is 0.363 e. The van der Waals surface area contributed by atoms with Crippen LogP contribution in [0.4, 0.5) is 10.2 Å². The number of hydrogen-bond acceptors (Lipinski definition) is 5. The first-order valence-corrected chi connectivity index (χ1v) is 10.3. The molecule has 3 aromatic heterocycles. The van der Waals surface area contributed by atoms with Gasteiger partial charge in [-0.2, -0.15) is 0 Å². The third-order valence-corrected chi connectivity index (χ3v) is 5.31. The Morgan fingerprint density at radius 3 is 2.47 bits per heavy atom. The number of aromatic nitrogens is 4. The van der Waals surface area contributed by atoms with Crippen LogP contribution in [0.3, 0.4) is 0 Å². The highest BCUT2D eigenvalue weighted by molar-refractivity contribution is 5.84. The maximum Gasteiger partial charge on any atom is 0.191 e. The van der Waals surface area contributed by atoms with Crippen LogP contribution < -0.4 is 5.32 Å². The van der Waals surface area contributed by atoms with Crippen molar-refractivity contribution < 1.29 is 4.39 Å². The van der Waals surface area contributed by atoms with Crippen LogP contribution in [-0.2, 0) is 6.54 Å². The lowest BCUT2D eigenvalue weighted by molar-refractivity contribution is 0.621. The Kier molecular flexibility index (Phi) is 5.25. The maximum absolute atomic E-state index is 15.2. The quantitative estimate of drug-likeness (QED) is 0.388. The van der Waals surface area contributed by atoms with Gasteiger partial charge in [-0.15, -0.1) is 0 Å². The van der Waals surface area contributed by atoms with Crippen molar-refractivity contribution in [3.63, 3.8) is 0 Å². The van der Waals surface area contributed by atoms with E-state index in [1.807, 2.05) is 67.7 Å². The zero-order chi connectivity index (χ0) is 21.9. The molecule has 156 valence electrons. The van der Waals surface area contributed by atoms with E-state index in [0.29, 0.717) is 12.1 Å². The zero-order valence-electron chi connectivity index (χ0n) is 17.5. The fourth-order valence-corrected chi connectivity index (χ4v) is 3.64. The monoisotopic (exact) mass is 421 g/mol. The number of rotatable bonds is 5. The molecule has 5 nitrogen and oxygen atoms in total. The number of benzene rings is 2. The van der Waals surface area contributed by atoms with Gasteiger partial charge in [0.05, 0.1) is 5.52 Å². The molecule has 0 aliphatic carbocycles. The number of halogens is 1. The predicted molar refractivity (Wildman–Crippen MR) is 124 cm³/mol. The predicted octanol–water partition coefficient (Wildman–Crippen LogP) is 5.81. The molecule has 1 N–H and O–H groups in total. The maximum atomic E-state index is 15.2. The van der Waals surface area contributed by atoms with Crippen molar-refractivity contribution in [2.45, 2.75) is 13.5 Å². The minimum atomic E-state index is -0.473. The van der Waals surface area contributed by atoms with Crippen molar-refractivity contribution in [2.75, 3.05) is 5.32 Å². The number of nitrogens with zero attached hydrogens (tertiary/aromatic N) is 4. The SMILES string of the molecule is Cc1cc(-c2ccc(CNc3ncnc(-c4ccc5ncccc5c4)c3F)cc2)ccn1. The van der Waals surface area contributed by atoms with Crippen molar-refractivity contribution in [1.82, 2.24) is 19.9 Å². The molecular formula is C26H20FN5. The lowest BCUT2D eigenvalue weighted by Gasteiger charge is -2.10. The summed E-state index contributed by atoms with van der Waals surface area (Å²) in [6.07, 6.45) is 4.92. The number of aryl methyl sites for hydroxylation is 1. The summed E-state index contributed by atoms with van der Waals surface area (Å²) in [5.74, 6) is -0.297. The summed E-state index contributed by atoms with van der Waals surface area (Å²) in [5, 5.41) is 4.03. The Bertz CT molecular complexity index is 1400. The van der Waals surface area contributed by atoms with Gasteiger partial charge in [-0.3, -0.25) is 9.97 Å². The normalized spacial score (nSPS) is 10.9. The number of hydrogen-bond donors (Lipinski definition) is 1. The minimum absolute atomic E-state index is 0.176. The first-order valence-electron chi connectivity index (χ1n) is 10.3. The molecule has 0 saturated carbocycles. The van der Waals surface area contributed by atoms with Crippen LogP contribution in [0.15, 0.2) is 85.5 Å². The molecule has 0 saturated heterocycles. The van der Waals surface area contributed by atoms with Gasteiger partial charge in [0.25, 0.3) is 0 Å². The van der Waals surface area contributed by atoms with E-state index in [2.05, 4.69) is 37.4 Å². The minimum Gasteiger partial charge on any atom is -0.363 e. The smallest absolute Gasteiger partial charge is 0.191 e. The fourth-order valence-electron chi connectivity index (χ4n) is 3.64. The van der Waals surface area contributed by atoms with Crippen LogP contribution in [0.25, 0.3) is 33.3 Å². The van der Waals surface area contributed by atoms with E-state index < -0.39 is 5.82 Å². The molecule has 0 spiro atoms. The Balaban J connectivity index is 1.35. The standard InChI is InChI=1S/C26H20FN5/c1-17-13-20(10-12-28-17)19-6-4-18(5-7-19)15-30-26-24(27)25(31-16-32-26)22-8-9-23-21(14-22)3-2-11-29-23/h2-14,16H,15H2,1H3,(H,30,31,32). The summed E-state index contributed by atoms with van der Waals surface area (Å²) in [5.41, 5.74) is 6.04. The molecule has 0 unspecified atom stereocenters. The number of anilines is 1. The molecule has 0 aliphatic rings. The van der Waals surface area contributed by atoms with Crippen molar-refractivity contribution in [3.05, 3.63) is 103 Å².